The number of anilines is 1. The number of fused-ring (bicyclic) bond motifs is 1. The molecule has 2 rings (SSSR count). The Morgan fingerprint density at radius 2 is 2.08 bits per heavy atom. The van der Waals surface area contributed by atoms with Crippen LogP contribution >= 0.6 is 0 Å². The number of nitrogens with one attached hydrogen (secondary N) is 2. The molecule has 0 aromatic heterocycles. The summed E-state index contributed by atoms with van der Waals surface area (Å²) in [6.07, 6.45) is 2.39. The minimum absolute atomic E-state index is 0.0597. The zero-order chi connectivity index (χ0) is 17.5. The van der Waals surface area contributed by atoms with Crippen LogP contribution in [0.5, 0.6) is 0 Å². The molecule has 0 radical (unpaired) electrons. The van der Waals surface area contributed by atoms with Crippen molar-refractivity contribution in [1.82, 2.24) is 10.6 Å². The third-order valence-electron chi connectivity index (χ3n) is 4.02. The number of hydrogen-bond acceptors (Lipinski definition) is 3. The number of carbonyl (C=O) groups excluding carboxylic acids is 2. The van der Waals surface area contributed by atoms with Gasteiger partial charge in [0.2, 0.25) is 5.91 Å². The normalized spacial score (nSPS) is 14.5. The monoisotopic (exact) mass is 328 g/mol. The molecule has 1 aliphatic rings. The van der Waals surface area contributed by atoms with Gasteiger partial charge in [0, 0.05) is 12.2 Å². The highest BCUT2D eigenvalue weighted by Gasteiger charge is 2.27. The molecule has 1 aromatic rings. The second-order valence-corrected chi connectivity index (χ2v) is 6.39. The van der Waals surface area contributed by atoms with Crippen molar-refractivity contribution in [2.24, 2.45) is 5.92 Å². The molecule has 0 unspecified atom stereocenters. The molecule has 0 saturated heterocycles. The lowest BCUT2D eigenvalue weighted by atomic mass is 10.0. The maximum absolute atomic E-state index is 12.7. The average molecular weight is 328 g/mol. The maximum Gasteiger partial charge on any atom is 0.322 e. The first kappa shape index (κ1) is 17.8. The fourth-order valence-electron chi connectivity index (χ4n) is 2.92. The topological polar surface area (TPSA) is 85.2 Å². The summed E-state index contributed by atoms with van der Waals surface area (Å²) >= 11 is 0. The Balaban J connectivity index is 2.10. The number of amides is 3. The Morgan fingerprint density at radius 3 is 2.79 bits per heavy atom. The van der Waals surface area contributed by atoms with Crippen molar-refractivity contribution in [3.05, 3.63) is 29.8 Å². The maximum atomic E-state index is 12.7. The number of urea groups is 1. The molecule has 1 aromatic carbocycles. The summed E-state index contributed by atoms with van der Waals surface area (Å²) in [6.45, 7) is 4.56. The second kappa shape index (κ2) is 8.34. The van der Waals surface area contributed by atoms with Gasteiger partial charge in [-0.1, -0.05) is 32.0 Å². The summed E-state index contributed by atoms with van der Waals surface area (Å²) in [5, 5.41) is 14.0. The van der Waals surface area contributed by atoms with Crippen LogP contribution in [0.1, 0.15) is 32.3 Å². The summed E-state index contributed by atoms with van der Waals surface area (Å²) in [5.74, 6) is -0.0688. The van der Waals surface area contributed by atoms with E-state index in [0.717, 1.165) is 24.1 Å². The van der Waals surface area contributed by atoms with E-state index in [1.165, 1.54) is 0 Å². The lowest BCUT2D eigenvalue weighted by Gasteiger charge is -2.31. The number of nitrogens with zero attached hydrogens (tertiary/aromatic N) is 2. The Kier molecular flexibility index (Phi) is 6.19. The first-order valence-corrected chi connectivity index (χ1v) is 8.33. The standard InChI is InChI=1S/C18H24N4O2/c1-13(2)12-15(17(23)20-10-9-19)21-18(24)22-11-5-7-14-6-3-4-8-16(14)22/h3-4,6,8,13,15H,5,7,10-12H2,1-2H3,(H,20,23)(H,21,24)/t15-/m0/s1. The van der Waals surface area contributed by atoms with Gasteiger partial charge in [0.25, 0.3) is 0 Å². The quantitative estimate of drug-likeness (QED) is 0.813. The summed E-state index contributed by atoms with van der Waals surface area (Å²) < 4.78 is 0. The number of rotatable bonds is 5. The van der Waals surface area contributed by atoms with Crippen molar-refractivity contribution < 1.29 is 9.59 Å². The van der Waals surface area contributed by atoms with Crippen LogP contribution in [0.15, 0.2) is 24.3 Å². The molecule has 2 N–H and O–H groups in total. The fourth-order valence-corrected chi connectivity index (χ4v) is 2.92. The van der Waals surface area contributed by atoms with Gasteiger partial charge >= 0.3 is 6.03 Å². The third kappa shape index (κ3) is 4.48. The zero-order valence-electron chi connectivity index (χ0n) is 14.2. The molecular formula is C18H24N4O2. The molecule has 6 heteroatoms. The van der Waals surface area contributed by atoms with E-state index in [4.69, 9.17) is 5.26 Å². The van der Waals surface area contributed by atoms with Gasteiger partial charge in [0.1, 0.15) is 12.6 Å². The van der Waals surface area contributed by atoms with Crippen molar-refractivity contribution in [3.63, 3.8) is 0 Å². The zero-order valence-corrected chi connectivity index (χ0v) is 14.2. The highest BCUT2D eigenvalue weighted by Crippen LogP contribution is 2.26. The molecule has 6 nitrogen and oxygen atoms in total. The summed E-state index contributed by atoms with van der Waals surface area (Å²) in [4.78, 5) is 26.6. The van der Waals surface area contributed by atoms with Crippen LogP contribution in [-0.4, -0.2) is 31.1 Å². The number of nitriles is 1. The van der Waals surface area contributed by atoms with Crippen LogP contribution in [0.2, 0.25) is 0 Å². The van der Waals surface area contributed by atoms with Crippen molar-refractivity contribution in [2.45, 2.75) is 39.2 Å². The van der Waals surface area contributed by atoms with Crippen LogP contribution in [0.4, 0.5) is 10.5 Å². The molecule has 3 amide bonds. The SMILES string of the molecule is CC(C)C[C@H](NC(=O)N1CCCc2ccccc21)C(=O)NCC#N. The van der Waals surface area contributed by atoms with Crippen molar-refractivity contribution in [3.8, 4) is 6.07 Å². The number of para-hydroxylation sites is 1. The van der Waals surface area contributed by atoms with Gasteiger partial charge in [0.05, 0.1) is 6.07 Å². The van der Waals surface area contributed by atoms with E-state index in [0.29, 0.717) is 13.0 Å². The Labute approximate surface area is 142 Å². The predicted molar refractivity (Wildman–Crippen MR) is 92.5 cm³/mol. The van der Waals surface area contributed by atoms with Gasteiger partial charge in [0.15, 0.2) is 0 Å². The van der Waals surface area contributed by atoms with E-state index < -0.39 is 6.04 Å². The Bertz CT molecular complexity index is 636. The summed E-state index contributed by atoms with van der Waals surface area (Å²) in [5.41, 5.74) is 2.05. The molecule has 1 heterocycles. The van der Waals surface area contributed by atoms with Gasteiger partial charge in [-0.2, -0.15) is 5.26 Å². The van der Waals surface area contributed by atoms with E-state index in [2.05, 4.69) is 10.6 Å². The molecule has 24 heavy (non-hydrogen) atoms. The van der Waals surface area contributed by atoms with Gasteiger partial charge in [-0.05, 0) is 36.8 Å². The Hall–Kier alpha value is -2.55. The lowest BCUT2D eigenvalue weighted by Crippen LogP contribution is -2.52. The Morgan fingerprint density at radius 1 is 1.33 bits per heavy atom. The van der Waals surface area contributed by atoms with E-state index in [9.17, 15) is 9.59 Å². The number of carbonyl (C=O) groups is 2. The van der Waals surface area contributed by atoms with Crippen molar-refractivity contribution in [2.75, 3.05) is 18.0 Å². The molecule has 128 valence electrons. The van der Waals surface area contributed by atoms with Gasteiger partial charge in [-0.15, -0.1) is 0 Å². The summed E-state index contributed by atoms with van der Waals surface area (Å²) in [6, 6.07) is 8.82. The number of benzene rings is 1. The van der Waals surface area contributed by atoms with Crippen molar-refractivity contribution in [1.29, 1.82) is 5.26 Å². The summed E-state index contributed by atoms with van der Waals surface area (Å²) in [7, 11) is 0. The predicted octanol–water partition coefficient (Wildman–Crippen LogP) is 2.20. The van der Waals surface area contributed by atoms with Crippen LogP contribution in [0.3, 0.4) is 0 Å². The molecule has 0 bridgehead atoms. The molecule has 0 aliphatic carbocycles. The van der Waals surface area contributed by atoms with E-state index in [1.807, 2.05) is 44.2 Å². The smallest absolute Gasteiger partial charge is 0.322 e. The van der Waals surface area contributed by atoms with Gasteiger partial charge < -0.3 is 10.6 Å². The highest BCUT2D eigenvalue weighted by atomic mass is 16.2. The van der Waals surface area contributed by atoms with Crippen LogP contribution in [-0.2, 0) is 11.2 Å². The van der Waals surface area contributed by atoms with Crippen molar-refractivity contribution >= 4 is 17.6 Å². The average Bonchev–Trinajstić information content (AvgIpc) is 2.58. The minimum Gasteiger partial charge on any atom is -0.341 e. The molecule has 0 fully saturated rings. The second-order valence-electron chi connectivity index (χ2n) is 6.39. The largest absolute Gasteiger partial charge is 0.341 e. The number of aryl methyl sites for hydroxylation is 1. The van der Waals surface area contributed by atoms with Crippen LogP contribution in [0.25, 0.3) is 0 Å². The molecular weight excluding hydrogens is 304 g/mol. The highest BCUT2D eigenvalue weighted by molar-refractivity contribution is 5.96. The molecule has 1 atom stereocenters. The van der Waals surface area contributed by atoms with Crippen LogP contribution < -0.4 is 15.5 Å². The third-order valence-corrected chi connectivity index (χ3v) is 4.02. The minimum atomic E-state index is -0.639. The van der Waals surface area contributed by atoms with Crippen LogP contribution in [0, 0.1) is 17.2 Å². The van der Waals surface area contributed by atoms with E-state index in [1.54, 1.807) is 4.90 Å². The van der Waals surface area contributed by atoms with E-state index >= 15 is 0 Å². The lowest BCUT2D eigenvalue weighted by molar-refractivity contribution is -0.123. The molecule has 1 aliphatic heterocycles. The first-order valence-electron chi connectivity index (χ1n) is 8.33. The van der Waals surface area contributed by atoms with Gasteiger partial charge in [-0.3, -0.25) is 9.69 Å². The number of hydrogen-bond donors (Lipinski definition) is 2. The molecule has 0 saturated carbocycles. The van der Waals surface area contributed by atoms with E-state index in [-0.39, 0.29) is 24.4 Å². The van der Waals surface area contributed by atoms with Gasteiger partial charge in [-0.25, -0.2) is 4.79 Å². The first-order chi connectivity index (χ1) is 11.5. The fraction of sp³-hybridized carbons (Fsp3) is 0.500. The molecule has 0 spiro atoms.